The third-order valence-corrected chi connectivity index (χ3v) is 10.2. The number of amides is 2. The Morgan fingerprint density at radius 2 is 0.650 bits per heavy atom. The lowest BCUT2D eigenvalue weighted by atomic mass is 10.1. The Morgan fingerprint density at radius 3 is 0.900 bits per heavy atom. The van der Waals surface area contributed by atoms with E-state index in [0.717, 1.165) is 141 Å². The van der Waals surface area contributed by atoms with Crippen molar-refractivity contribution >= 4 is 34.6 Å². The lowest BCUT2D eigenvalue weighted by Crippen LogP contribution is -2.29. The van der Waals surface area contributed by atoms with Gasteiger partial charge in [-0.1, -0.05) is 156 Å². The van der Waals surface area contributed by atoms with Crippen molar-refractivity contribution in [3.05, 3.63) is 44.5 Å². The van der Waals surface area contributed by atoms with E-state index in [1.165, 1.54) is 37.1 Å². The second-order valence-electron chi connectivity index (χ2n) is 15.5. The predicted octanol–water partition coefficient (Wildman–Crippen LogP) is 13.0. The number of nitro groups is 2. The van der Waals surface area contributed by atoms with Crippen molar-refractivity contribution in [3.8, 4) is 23.0 Å². The van der Waals surface area contributed by atoms with Gasteiger partial charge in [0.1, 0.15) is 11.4 Å². The molecule has 2 aromatic rings. The molecule has 0 aliphatic heterocycles. The molecule has 0 aromatic heterocycles. The molecule has 0 aliphatic carbocycles. The van der Waals surface area contributed by atoms with Gasteiger partial charge in [0.15, 0.2) is 23.0 Å². The summed E-state index contributed by atoms with van der Waals surface area (Å²) >= 11 is 0. The molecule has 2 N–H and O–H groups in total. The number of anilines is 2. The fourth-order valence-electron chi connectivity index (χ4n) is 6.67. The molecule has 2 rings (SSSR count). The number of rotatable bonds is 36. The number of hydrogen-bond donors (Lipinski definition) is 2. The van der Waals surface area contributed by atoms with E-state index in [9.17, 15) is 29.8 Å². The summed E-state index contributed by atoms with van der Waals surface area (Å²) in [7, 11) is 0. The molecule has 0 radical (unpaired) electrons. The zero-order valence-electron chi connectivity index (χ0n) is 37.1. The molecule has 0 aliphatic rings. The lowest BCUT2D eigenvalue weighted by molar-refractivity contribution is -0.384. The number of hydrogen-bond acceptors (Lipinski definition) is 10. The maximum absolute atomic E-state index is 13.4. The van der Waals surface area contributed by atoms with Crippen molar-refractivity contribution in [2.75, 3.05) is 37.1 Å². The van der Waals surface area contributed by atoms with Crippen molar-refractivity contribution in [1.29, 1.82) is 0 Å². The first-order chi connectivity index (χ1) is 29.2. The average Bonchev–Trinajstić information content (AvgIpc) is 3.23. The fraction of sp³-hybridized carbons (Fsp3) is 0.696. The van der Waals surface area contributed by atoms with E-state index in [2.05, 4.69) is 38.3 Å². The Morgan fingerprint density at radius 1 is 0.417 bits per heavy atom. The Kier molecular flexibility index (Phi) is 27.6. The first-order valence-electron chi connectivity index (χ1n) is 22.9. The second kappa shape index (κ2) is 32.2. The molecule has 0 spiro atoms. The van der Waals surface area contributed by atoms with Crippen LogP contribution in [0.5, 0.6) is 23.0 Å². The van der Waals surface area contributed by atoms with E-state index in [1.54, 1.807) is 0 Å². The minimum atomic E-state index is -1.27. The van der Waals surface area contributed by atoms with Crippen LogP contribution in [0.3, 0.4) is 0 Å². The van der Waals surface area contributed by atoms with Gasteiger partial charge in [0.2, 0.25) is 0 Å². The molecule has 0 saturated carbocycles. The van der Waals surface area contributed by atoms with E-state index in [1.807, 2.05) is 0 Å². The highest BCUT2D eigenvalue weighted by molar-refractivity contribution is 6.44. The van der Waals surface area contributed by atoms with Crippen molar-refractivity contribution in [2.45, 2.75) is 182 Å². The van der Waals surface area contributed by atoms with Gasteiger partial charge in [-0.05, 0) is 25.7 Å². The highest BCUT2D eigenvalue weighted by Gasteiger charge is 2.27. The minimum Gasteiger partial charge on any atom is -0.490 e. The van der Waals surface area contributed by atoms with E-state index < -0.39 is 33.0 Å². The SMILES string of the molecule is CCCCCCCCOc1cc(NC(=O)C(=O)Nc2cc(OCCCCCCCC)c(OCCCCCCCC)cc2[N+](=O)[O-])c([N+](=O)[O-])cc1OCCCCCCCC. The summed E-state index contributed by atoms with van der Waals surface area (Å²) in [6.45, 7) is 9.94. The molecule has 2 amide bonds. The Hall–Kier alpha value is -4.62. The van der Waals surface area contributed by atoms with E-state index in [-0.39, 0.29) is 34.4 Å². The summed E-state index contributed by atoms with van der Waals surface area (Å²) in [5.41, 5.74) is -1.55. The van der Waals surface area contributed by atoms with Gasteiger partial charge in [-0.25, -0.2) is 0 Å². The first kappa shape index (κ1) is 51.5. The van der Waals surface area contributed by atoms with Crippen LogP contribution >= 0.6 is 0 Å². The molecule has 14 nitrogen and oxygen atoms in total. The summed E-state index contributed by atoms with van der Waals surface area (Å²) < 4.78 is 24.1. The number of unbranched alkanes of at least 4 members (excludes halogenated alkanes) is 20. The van der Waals surface area contributed by atoms with Gasteiger partial charge < -0.3 is 29.6 Å². The number of nitro benzene ring substituents is 2. The maximum Gasteiger partial charge on any atom is 0.314 e. The standard InChI is InChI=1S/C46H74N4O10/c1-5-9-13-17-21-25-29-57-41-33-37(39(49(53)54)35-43(41)59-31-27-23-19-15-11-7-3)47-45(51)46(52)48-38-34-42(58-30-26-22-18-14-10-6-2)44(36-40(38)50(55)56)60-32-28-24-20-16-12-8-4/h33-36H,5-32H2,1-4H3,(H,47,51)(H,48,52). The summed E-state index contributed by atoms with van der Waals surface area (Å²) in [5, 5.41) is 29.2. The van der Waals surface area contributed by atoms with Crippen LogP contribution in [0.4, 0.5) is 22.7 Å². The molecular formula is C46H74N4O10. The second-order valence-corrected chi connectivity index (χ2v) is 15.5. The first-order valence-corrected chi connectivity index (χ1v) is 22.9. The van der Waals surface area contributed by atoms with Crippen LogP contribution in [0.25, 0.3) is 0 Å². The fourth-order valence-corrected chi connectivity index (χ4v) is 6.67. The smallest absolute Gasteiger partial charge is 0.314 e. The Labute approximate surface area is 358 Å². The summed E-state index contributed by atoms with van der Waals surface area (Å²) in [5.74, 6) is -1.79. The zero-order chi connectivity index (χ0) is 43.8. The maximum atomic E-state index is 13.4. The number of ether oxygens (including phenoxy) is 4. The topological polar surface area (TPSA) is 181 Å². The average molecular weight is 843 g/mol. The van der Waals surface area contributed by atoms with Crippen LogP contribution < -0.4 is 29.6 Å². The van der Waals surface area contributed by atoms with Crippen molar-refractivity contribution in [1.82, 2.24) is 0 Å². The van der Waals surface area contributed by atoms with Crippen LogP contribution in [0.15, 0.2) is 24.3 Å². The molecule has 0 bridgehead atoms. The summed E-state index contributed by atoms with van der Waals surface area (Å²) in [6.07, 6.45) is 24.9. The van der Waals surface area contributed by atoms with Gasteiger partial charge in [-0.3, -0.25) is 29.8 Å². The van der Waals surface area contributed by atoms with Crippen molar-refractivity contribution in [2.24, 2.45) is 0 Å². The number of carbonyl (C=O) groups is 2. The van der Waals surface area contributed by atoms with Crippen LogP contribution in [0.2, 0.25) is 0 Å². The summed E-state index contributed by atoms with van der Waals surface area (Å²) in [6, 6.07) is 4.99. The Balaban J connectivity index is 2.30. The molecular weight excluding hydrogens is 769 g/mol. The van der Waals surface area contributed by atoms with Crippen LogP contribution in [-0.4, -0.2) is 48.1 Å². The van der Waals surface area contributed by atoms with Crippen molar-refractivity contribution < 1.29 is 38.4 Å². The summed E-state index contributed by atoms with van der Waals surface area (Å²) in [4.78, 5) is 49.9. The third kappa shape index (κ3) is 21.1. The molecule has 60 heavy (non-hydrogen) atoms. The molecule has 0 fully saturated rings. The highest BCUT2D eigenvalue weighted by atomic mass is 16.6. The number of nitrogens with zero attached hydrogens (tertiary/aromatic N) is 2. The highest BCUT2D eigenvalue weighted by Crippen LogP contribution is 2.40. The number of carbonyl (C=O) groups excluding carboxylic acids is 2. The predicted molar refractivity (Wildman–Crippen MR) is 239 cm³/mol. The molecule has 0 saturated heterocycles. The minimum absolute atomic E-state index is 0.173. The molecule has 0 heterocycles. The van der Waals surface area contributed by atoms with Gasteiger partial charge in [-0.2, -0.15) is 0 Å². The molecule has 14 heteroatoms. The quantitative estimate of drug-likeness (QED) is 0.0290. The van der Waals surface area contributed by atoms with Crippen molar-refractivity contribution in [3.63, 3.8) is 0 Å². The Bertz CT molecular complexity index is 1440. The molecule has 2 aromatic carbocycles. The van der Waals surface area contributed by atoms with E-state index in [4.69, 9.17) is 18.9 Å². The largest absolute Gasteiger partial charge is 0.490 e. The van der Waals surface area contributed by atoms with Crippen LogP contribution in [0, 0.1) is 20.2 Å². The van der Waals surface area contributed by atoms with E-state index in [0.29, 0.717) is 26.4 Å². The number of benzene rings is 2. The van der Waals surface area contributed by atoms with Crippen LogP contribution in [-0.2, 0) is 9.59 Å². The molecule has 338 valence electrons. The normalized spacial score (nSPS) is 10.9. The van der Waals surface area contributed by atoms with Gasteiger partial charge >= 0.3 is 11.8 Å². The van der Waals surface area contributed by atoms with Gasteiger partial charge in [-0.15, -0.1) is 0 Å². The zero-order valence-corrected chi connectivity index (χ0v) is 37.1. The monoisotopic (exact) mass is 843 g/mol. The lowest BCUT2D eigenvalue weighted by Gasteiger charge is -2.16. The van der Waals surface area contributed by atoms with Gasteiger partial charge in [0, 0.05) is 12.1 Å². The molecule has 0 atom stereocenters. The third-order valence-electron chi connectivity index (χ3n) is 10.2. The van der Waals surface area contributed by atoms with E-state index >= 15 is 0 Å². The van der Waals surface area contributed by atoms with Gasteiger partial charge in [0.05, 0.1) is 48.4 Å². The number of nitrogens with one attached hydrogen (secondary N) is 2. The van der Waals surface area contributed by atoms with Crippen LogP contribution in [0.1, 0.15) is 182 Å². The molecule has 0 unspecified atom stereocenters. The van der Waals surface area contributed by atoms with Gasteiger partial charge in [0.25, 0.3) is 11.4 Å².